The Morgan fingerprint density at radius 2 is 2.14 bits per heavy atom. The molecule has 1 N–H and O–H groups in total. The van der Waals surface area contributed by atoms with Crippen LogP contribution in [0, 0.1) is 10.1 Å². The van der Waals surface area contributed by atoms with Gasteiger partial charge >= 0.3 is 5.69 Å². The number of nitrogens with one attached hydrogen (secondary N) is 1. The van der Waals surface area contributed by atoms with Crippen molar-refractivity contribution in [2.45, 2.75) is 19.6 Å². The molecule has 0 unspecified atom stereocenters. The van der Waals surface area contributed by atoms with Gasteiger partial charge in [-0.15, -0.1) is 0 Å². The van der Waals surface area contributed by atoms with E-state index in [9.17, 15) is 14.9 Å². The molecule has 1 aromatic carbocycles. The van der Waals surface area contributed by atoms with E-state index in [1.54, 1.807) is 18.2 Å². The van der Waals surface area contributed by atoms with Crippen molar-refractivity contribution in [1.82, 2.24) is 5.32 Å². The Balaban J connectivity index is 1.96. The normalized spacial score (nSPS) is 11.7. The van der Waals surface area contributed by atoms with Gasteiger partial charge in [-0.25, -0.2) is 0 Å². The lowest BCUT2D eigenvalue weighted by Crippen LogP contribution is -2.35. The van der Waals surface area contributed by atoms with E-state index >= 15 is 0 Å². The van der Waals surface area contributed by atoms with Crippen LogP contribution >= 0.6 is 0 Å². The zero-order valence-electron chi connectivity index (χ0n) is 11.3. The van der Waals surface area contributed by atoms with Crippen molar-refractivity contribution >= 4 is 11.6 Å². The molecule has 2 aromatic rings. The van der Waals surface area contributed by atoms with Crippen molar-refractivity contribution in [3.05, 3.63) is 58.5 Å². The molecule has 0 fully saturated rings. The first-order chi connectivity index (χ1) is 10.1. The van der Waals surface area contributed by atoms with E-state index in [-0.39, 0.29) is 23.9 Å². The van der Waals surface area contributed by atoms with Gasteiger partial charge in [0.05, 0.1) is 17.7 Å². The molecule has 7 nitrogen and oxygen atoms in total. The van der Waals surface area contributed by atoms with E-state index in [1.807, 2.05) is 0 Å². The van der Waals surface area contributed by atoms with Crippen LogP contribution in [0.5, 0.6) is 5.75 Å². The number of nitro groups is 1. The van der Waals surface area contributed by atoms with Crippen molar-refractivity contribution < 1.29 is 18.9 Å². The minimum Gasteiger partial charge on any atom is -0.474 e. The molecule has 0 aliphatic carbocycles. The van der Waals surface area contributed by atoms with Crippen molar-refractivity contribution in [1.29, 1.82) is 0 Å². The van der Waals surface area contributed by atoms with Crippen molar-refractivity contribution in [2.24, 2.45) is 0 Å². The lowest BCUT2D eigenvalue weighted by molar-refractivity contribution is -0.386. The Morgan fingerprint density at radius 1 is 1.38 bits per heavy atom. The summed E-state index contributed by atoms with van der Waals surface area (Å²) in [6.07, 6.45) is 0.649. The molecule has 110 valence electrons. The summed E-state index contributed by atoms with van der Waals surface area (Å²) in [5.41, 5.74) is -0.178. The molecule has 0 saturated carbocycles. The summed E-state index contributed by atoms with van der Waals surface area (Å²) < 4.78 is 10.4. The Labute approximate surface area is 120 Å². The number of carbonyl (C=O) groups is 1. The molecule has 0 saturated heterocycles. The van der Waals surface area contributed by atoms with Crippen LogP contribution in [0.3, 0.4) is 0 Å². The molecule has 0 spiro atoms. The summed E-state index contributed by atoms with van der Waals surface area (Å²) in [7, 11) is 0. The fourth-order valence-corrected chi connectivity index (χ4v) is 1.68. The molecule has 1 amide bonds. The molecule has 21 heavy (non-hydrogen) atoms. The van der Waals surface area contributed by atoms with E-state index in [0.29, 0.717) is 5.76 Å². The standard InChI is InChI=1S/C14H14N2O5/c1-10(14(17)15-9-11-5-4-8-20-11)21-13-7-3-2-6-12(13)16(18)19/h2-8,10H,9H2,1H3,(H,15,17)/t10-/m0/s1. The fraction of sp³-hybridized carbons (Fsp3) is 0.214. The lowest BCUT2D eigenvalue weighted by atomic mass is 10.3. The number of amides is 1. The summed E-state index contributed by atoms with van der Waals surface area (Å²) in [5, 5.41) is 13.5. The molecule has 0 aliphatic heterocycles. The minimum absolute atomic E-state index is 0.0585. The molecular formula is C14H14N2O5. The maximum atomic E-state index is 11.9. The number of nitrogens with zero attached hydrogens (tertiary/aromatic N) is 1. The first kappa shape index (κ1) is 14.6. The van der Waals surface area contributed by atoms with Gasteiger partial charge < -0.3 is 14.5 Å². The molecule has 0 aliphatic rings. The molecule has 0 radical (unpaired) electrons. The molecule has 2 rings (SSSR count). The van der Waals surface area contributed by atoms with E-state index in [2.05, 4.69) is 5.32 Å². The Hall–Kier alpha value is -2.83. The van der Waals surface area contributed by atoms with Crippen molar-refractivity contribution in [3.63, 3.8) is 0 Å². The average Bonchev–Trinajstić information content (AvgIpc) is 2.98. The summed E-state index contributed by atoms with van der Waals surface area (Å²) in [4.78, 5) is 22.2. The van der Waals surface area contributed by atoms with Gasteiger partial charge in [-0.05, 0) is 25.1 Å². The predicted octanol–water partition coefficient (Wildman–Crippen LogP) is 2.27. The van der Waals surface area contributed by atoms with E-state index in [1.165, 1.54) is 31.4 Å². The van der Waals surface area contributed by atoms with Gasteiger partial charge in [0.2, 0.25) is 0 Å². The second kappa shape index (κ2) is 6.56. The average molecular weight is 290 g/mol. The highest BCUT2D eigenvalue weighted by Crippen LogP contribution is 2.26. The van der Waals surface area contributed by atoms with Gasteiger partial charge in [0.1, 0.15) is 5.76 Å². The third-order valence-corrected chi connectivity index (χ3v) is 2.75. The van der Waals surface area contributed by atoms with Gasteiger partial charge in [-0.1, -0.05) is 12.1 Å². The molecule has 1 aromatic heterocycles. The number of nitro benzene ring substituents is 1. The van der Waals surface area contributed by atoms with Crippen LogP contribution < -0.4 is 10.1 Å². The maximum absolute atomic E-state index is 11.9. The van der Waals surface area contributed by atoms with Crippen LogP contribution in [0.15, 0.2) is 47.1 Å². The van der Waals surface area contributed by atoms with Gasteiger partial charge in [-0.3, -0.25) is 14.9 Å². The number of ether oxygens (including phenoxy) is 1. The zero-order valence-corrected chi connectivity index (χ0v) is 11.3. The van der Waals surface area contributed by atoms with Crippen molar-refractivity contribution in [2.75, 3.05) is 0 Å². The van der Waals surface area contributed by atoms with Crippen LogP contribution in [0.4, 0.5) is 5.69 Å². The van der Waals surface area contributed by atoms with Crippen LogP contribution in [0.25, 0.3) is 0 Å². The van der Waals surface area contributed by atoms with Crippen LogP contribution in [0.2, 0.25) is 0 Å². The topological polar surface area (TPSA) is 94.6 Å². The molecular weight excluding hydrogens is 276 g/mol. The zero-order chi connectivity index (χ0) is 15.2. The quantitative estimate of drug-likeness (QED) is 0.650. The van der Waals surface area contributed by atoms with Crippen molar-refractivity contribution in [3.8, 4) is 5.75 Å². The second-order valence-electron chi connectivity index (χ2n) is 4.28. The predicted molar refractivity (Wildman–Crippen MR) is 73.7 cm³/mol. The van der Waals surface area contributed by atoms with Crippen LogP contribution in [-0.4, -0.2) is 16.9 Å². The monoisotopic (exact) mass is 290 g/mol. The number of rotatable bonds is 6. The molecule has 1 atom stereocenters. The van der Waals surface area contributed by atoms with Gasteiger partial charge in [-0.2, -0.15) is 0 Å². The Kier molecular flexibility index (Phi) is 4.55. The highest BCUT2D eigenvalue weighted by atomic mass is 16.6. The van der Waals surface area contributed by atoms with Crippen LogP contribution in [-0.2, 0) is 11.3 Å². The number of benzene rings is 1. The first-order valence-electron chi connectivity index (χ1n) is 6.28. The fourth-order valence-electron chi connectivity index (χ4n) is 1.68. The third-order valence-electron chi connectivity index (χ3n) is 2.75. The van der Waals surface area contributed by atoms with E-state index in [4.69, 9.17) is 9.15 Å². The molecule has 0 bridgehead atoms. The third kappa shape index (κ3) is 3.82. The highest BCUT2D eigenvalue weighted by Gasteiger charge is 2.20. The van der Waals surface area contributed by atoms with Gasteiger partial charge in [0.15, 0.2) is 11.9 Å². The summed E-state index contributed by atoms with van der Waals surface area (Å²) in [6.45, 7) is 1.75. The largest absolute Gasteiger partial charge is 0.474 e. The number of hydrogen-bond donors (Lipinski definition) is 1. The summed E-state index contributed by atoms with van der Waals surface area (Å²) >= 11 is 0. The maximum Gasteiger partial charge on any atom is 0.310 e. The molecule has 1 heterocycles. The minimum atomic E-state index is -0.860. The molecule has 7 heteroatoms. The lowest BCUT2D eigenvalue weighted by Gasteiger charge is -2.14. The number of furan rings is 1. The number of para-hydroxylation sites is 2. The first-order valence-corrected chi connectivity index (χ1v) is 6.28. The Morgan fingerprint density at radius 3 is 2.81 bits per heavy atom. The van der Waals surface area contributed by atoms with E-state index < -0.39 is 11.0 Å². The summed E-state index contributed by atoms with van der Waals surface area (Å²) in [5.74, 6) is 0.286. The number of carbonyl (C=O) groups excluding carboxylic acids is 1. The smallest absolute Gasteiger partial charge is 0.310 e. The van der Waals surface area contributed by atoms with Gasteiger partial charge in [0.25, 0.3) is 5.91 Å². The van der Waals surface area contributed by atoms with Crippen LogP contribution in [0.1, 0.15) is 12.7 Å². The highest BCUT2D eigenvalue weighted by molar-refractivity contribution is 5.80. The Bertz CT molecular complexity index is 624. The van der Waals surface area contributed by atoms with Gasteiger partial charge in [0, 0.05) is 6.07 Å². The number of hydrogen-bond acceptors (Lipinski definition) is 5. The van der Waals surface area contributed by atoms with E-state index in [0.717, 1.165) is 0 Å². The second-order valence-corrected chi connectivity index (χ2v) is 4.28. The SMILES string of the molecule is C[C@H](Oc1ccccc1[N+](=O)[O-])C(=O)NCc1ccco1. The summed E-state index contributed by atoms with van der Waals surface area (Å²) in [6, 6.07) is 9.36.